The number of halogens is 2. The number of anilines is 1. The fraction of sp³-hybridized carbons (Fsp3) is 0.385. The van der Waals surface area contributed by atoms with Gasteiger partial charge in [-0.25, -0.2) is 9.18 Å². The van der Waals surface area contributed by atoms with E-state index in [1.807, 2.05) is 0 Å². The van der Waals surface area contributed by atoms with E-state index in [-0.39, 0.29) is 17.5 Å². The first-order valence-corrected chi connectivity index (χ1v) is 7.09. The standard InChI is InChI=1S/C13H14BrFN2O4/c14-10-5-8(1-2-11(10)15)16-13(20)17-3-4-21-7-9(17)6-12(18)19/h1-2,5,9H,3-4,6-7H2,(H,16,20)(H,18,19). The molecule has 114 valence electrons. The van der Waals surface area contributed by atoms with E-state index in [0.29, 0.717) is 18.8 Å². The van der Waals surface area contributed by atoms with Crippen molar-refractivity contribution in [1.82, 2.24) is 4.90 Å². The zero-order valence-electron chi connectivity index (χ0n) is 11.0. The van der Waals surface area contributed by atoms with E-state index in [4.69, 9.17) is 9.84 Å². The molecule has 1 saturated heterocycles. The largest absolute Gasteiger partial charge is 0.481 e. The highest BCUT2D eigenvalue weighted by atomic mass is 79.9. The van der Waals surface area contributed by atoms with Gasteiger partial charge in [-0.1, -0.05) is 0 Å². The van der Waals surface area contributed by atoms with Crippen LogP contribution in [-0.4, -0.2) is 47.8 Å². The van der Waals surface area contributed by atoms with Crippen molar-refractivity contribution in [3.05, 3.63) is 28.5 Å². The van der Waals surface area contributed by atoms with Crippen LogP contribution in [0.4, 0.5) is 14.9 Å². The van der Waals surface area contributed by atoms with Gasteiger partial charge in [0.2, 0.25) is 0 Å². The lowest BCUT2D eigenvalue weighted by Crippen LogP contribution is -2.51. The molecule has 0 aromatic heterocycles. The number of hydrogen-bond acceptors (Lipinski definition) is 3. The highest BCUT2D eigenvalue weighted by Crippen LogP contribution is 2.21. The molecule has 0 saturated carbocycles. The van der Waals surface area contributed by atoms with Gasteiger partial charge in [0.1, 0.15) is 5.82 Å². The molecule has 0 bridgehead atoms. The summed E-state index contributed by atoms with van der Waals surface area (Å²) in [4.78, 5) is 24.5. The number of carboxylic acids is 1. The number of rotatable bonds is 3. The summed E-state index contributed by atoms with van der Waals surface area (Å²) in [6.45, 7) is 0.857. The molecule has 0 spiro atoms. The summed E-state index contributed by atoms with van der Waals surface area (Å²) in [6.07, 6.45) is -0.180. The summed E-state index contributed by atoms with van der Waals surface area (Å²) in [5.41, 5.74) is 0.425. The van der Waals surface area contributed by atoms with Crippen LogP contribution in [-0.2, 0) is 9.53 Å². The van der Waals surface area contributed by atoms with Crippen LogP contribution < -0.4 is 5.32 Å². The molecule has 1 aromatic carbocycles. The number of carbonyl (C=O) groups is 2. The van der Waals surface area contributed by atoms with E-state index in [0.717, 1.165) is 0 Å². The maximum absolute atomic E-state index is 13.1. The zero-order valence-corrected chi connectivity index (χ0v) is 12.6. The van der Waals surface area contributed by atoms with Crippen molar-refractivity contribution in [1.29, 1.82) is 0 Å². The average Bonchev–Trinajstić information content (AvgIpc) is 2.43. The summed E-state index contributed by atoms with van der Waals surface area (Å²) in [5.74, 6) is -1.42. The number of urea groups is 1. The second-order valence-electron chi connectivity index (χ2n) is 4.58. The first kappa shape index (κ1) is 15.7. The van der Waals surface area contributed by atoms with Crippen LogP contribution in [0.1, 0.15) is 6.42 Å². The minimum absolute atomic E-state index is 0.180. The number of aliphatic carboxylic acids is 1. The van der Waals surface area contributed by atoms with Crippen molar-refractivity contribution in [3.63, 3.8) is 0 Å². The Morgan fingerprint density at radius 2 is 2.29 bits per heavy atom. The number of morpholine rings is 1. The van der Waals surface area contributed by atoms with Gasteiger partial charge >= 0.3 is 12.0 Å². The predicted octanol–water partition coefficient (Wildman–Crippen LogP) is 2.30. The Morgan fingerprint density at radius 1 is 1.52 bits per heavy atom. The highest BCUT2D eigenvalue weighted by Gasteiger charge is 2.29. The van der Waals surface area contributed by atoms with Gasteiger partial charge in [0.25, 0.3) is 0 Å². The molecule has 6 nitrogen and oxygen atoms in total. The Balaban J connectivity index is 2.06. The molecule has 2 amide bonds. The normalized spacial score (nSPS) is 18.4. The lowest BCUT2D eigenvalue weighted by Gasteiger charge is -2.34. The first-order valence-electron chi connectivity index (χ1n) is 6.29. The van der Waals surface area contributed by atoms with Gasteiger partial charge in [0.05, 0.1) is 30.1 Å². The summed E-state index contributed by atoms with van der Waals surface area (Å²) in [5, 5.41) is 11.5. The molecule has 0 aliphatic carbocycles. The summed E-state index contributed by atoms with van der Waals surface area (Å²) < 4.78 is 18.6. The molecule has 2 N–H and O–H groups in total. The first-order chi connectivity index (χ1) is 9.97. The molecule has 2 rings (SSSR count). The monoisotopic (exact) mass is 360 g/mol. The van der Waals surface area contributed by atoms with Crippen LogP contribution in [0.25, 0.3) is 0 Å². The third-order valence-corrected chi connectivity index (χ3v) is 3.68. The minimum atomic E-state index is -0.993. The number of nitrogens with zero attached hydrogens (tertiary/aromatic N) is 1. The summed E-state index contributed by atoms with van der Waals surface area (Å²) >= 11 is 3.04. The van der Waals surface area contributed by atoms with Crippen molar-refractivity contribution in [3.8, 4) is 0 Å². The molecule has 1 atom stereocenters. The topological polar surface area (TPSA) is 78.9 Å². The number of nitrogens with one attached hydrogen (secondary N) is 1. The lowest BCUT2D eigenvalue weighted by molar-refractivity contribution is -0.139. The zero-order chi connectivity index (χ0) is 15.4. The fourth-order valence-corrected chi connectivity index (χ4v) is 2.44. The second-order valence-corrected chi connectivity index (χ2v) is 5.43. The molecule has 1 unspecified atom stereocenters. The van der Waals surface area contributed by atoms with Crippen molar-refractivity contribution in [2.24, 2.45) is 0 Å². The number of carbonyl (C=O) groups excluding carboxylic acids is 1. The number of benzene rings is 1. The SMILES string of the molecule is O=C(O)CC1COCCN1C(=O)Nc1ccc(F)c(Br)c1. The van der Waals surface area contributed by atoms with Gasteiger partial charge in [-0.05, 0) is 34.1 Å². The van der Waals surface area contributed by atoms with Gasteiger partial charge in [-0.2, -0.15) is 0 Å². The number of hydrogen-bond donors (Lipinski definition) is 2. The molecule has 0 radical (unpaired) electrons. The van der Waals surface area contributed by atoms with E-state index in [2.05, 4.69) is 21.2 Å². The Kier molecular flexibility index (Phi) is 5.13. The van der Waals surface area contributed by atoms with E-state index in [1.165, 1.54) is 23.1 Å². The molecule has 8 heteroatoms. The smallest absolute Gasteiger partial charge is 0.322 e. The summed E-state index contributed by atoms with van der Waals surface area (Å²) in [7, 11) is 0. The lowest BCUT2D eigenvalue weighted by atomic mass is 10.1. The van der Waals surface area contributed by atoms with Crippen LogP contribution in [0.5, 0.6) is 0 Å². The number of ether oxygens (including phenoxy) is 1. The van der Waals surface area contributed by atoms with Crippen LogP contribution in [0, 0.1) is 5.82 Å². The van der Waals surface area contributed by atoms with Crippen molar-refractivity contribution < 1.29 is 23.8 Å². The minimum Gasteiger partial charge on any atom is -0.481 e. The van der Waals surface area contributed by atoms with Crippen LogP contribution in [0.15, 0.2) is 22.7 Å². The van der Waals surface area contributed by atoms with E-state index < -0.39 is 23.9 Å². The predicted molar refractivity (Wildman–Crippen MR) is 76.7 cm³/mol. The molecule has 1 aliphatic rings. The Morgan fingerprint density at radius 3 is 2.95 bits per heavy atom. The van der Waals surface area contributed by atoms with E-state index >= 15 is 0 Å². The third-order valence-electron chi connectivity index (χ3n) is 3.07. The second kappa shape index (κ2) is 6.86. The molecule has 1 aromatic rings. The van der Waals surface area contributed by atoms with Crippen molar-refractivity contribution in [2.75, 3.05) is 25.1 Å². The molecular weight excluding hydrogens is 347 g/mol. The number of amides is 2. The highest BCUT2D eigenvalue weighted by molar-refractivity contribution is 9.10. The van der Waals surface area contributed by atoms with Crippen molar-refractivity contribution in [2.45, 2.75) is 12.5 Å². The van der Waals surface area contributed by atoms with Crippen molar-refractivity contribution >= 4 is 33.6 Å². The fourth-order valence-electron chi connectivity index (χ4n) is 2.06. The summed E-state index contributed by atoms with van der Waals surface area (Å²) in [6, 6.07) is 3.17. The van der Waals surface area contributed by atoms with E-state index in [1.54, 1.807) is 0 Å². The van der Waals surface area contributed by atoms with Gasteiger partial charge in [0, 0.05) is 12.2 Å². The average molecular weight is 361 g/mol. The van der Waals surface area contributed by atoms with Gasteiger partial charge in [0.15, 0.2) is 0 Å². The molecule has 1 aliphatic heterocycles. The Hall–Kier alpha value is -1.67. The van der Waals surface area contributed by atoms with Gasteiger partial charge in [-0.15, -0.1) is 0 Å². The molecule has 1 fully saturated rings. The molecular formula is C13H14BrFN2O4. The van der Waals surface area contributed by atoms with Gasteiger partial charge < -0.3 is 20.1 Å². The molecule has 21 heavy (non-hydrogen) atoms. The van der Waals surface area contributed by atoms with Crippen LogP contribution in [0.3, 0.4) is 0 Å². The van der Waals surface area contributed by atoms with Gasteiger partial charge in [-0.3, -0.25) is 4.79 Å². The van der Waals surface area contributed by atoms with Crippen LogP contribution in [0.2, 0.25) is 0 Å². The molecule has 1 heterocycles. The van der Waals surface area contributed by atoms with Crippen LogP contribution >= 0.6 is 15.9 Å². The maximum Gasteiger partial charge on any atom is 0.322 e. The third kappa shape index (κ3) is 4.15. The number of carboxylic acid groups (broad SMARTS) is 1. The quantitative estimate of drug-likeness (QED) is 0.866. The Bertz CT molecular complexity index is 555. The Labute approximate surface area is 129 Å². The van der Waals surface area contributed by atoms with E-state index in [9.17, 15) is 14.0 Å². The maximum atomic E-state index is 13.1.